The number of methoxy groups -OCH3 is 1. The molecule has 18 heavy (non-hydrogen) atoms. The van der Waals surface area contributed by atoms with E-state index in [9.17, 15) is 4.79 Å². The number of rotatable bonds is 8. The van der Waals surface area contributed by atoms with E-state index in [1.54, 1.807) is 7.11 Å². The van der Waals surface area contributed by atoms with Gasteiger partial charge in [-0.1, -0.05) is 13.8 Å². The molecule has 106 valence electrons. The molecule has 0 radical (unpaired) electrons. The maximum Gasteiger partial charge on any atom is 0.136 e. The Labute approximate surface area is 111 Å². The highest BCUT2D eigenvalue weighted by molar-refractivity contribution is 5.80. The van der Waals surface area contributed by atoms with Crippen molar-refractivity contribution in [1.29, 1.82) is 0 Å². The second-order valence-corrected chi connectivity index (χ2v) is 5.40. The number of carbonyl (C=O) groups is 1. The number of nitrogens with zero attached hydrogens (tertiary/aromatic N) is 2. The summed E-state index contributed by atoms with van der Waals surface area (Å²) in [5.74, 6) is 0.567. The van der Waals surface area contributed by atoms with Gasteiger partial charge in [0.25, 0.3) is 0 Å². The van der Waals surface area contributed by atoms with Gasteiger partial charge in [-0.15, -0.1) is 0 Å². The van der Waals surface area contributed by atoms with Crippen LogP contribution in [-0.2, 0) is 9.53 Å². The third-order valence-corrected chi connectivity index (χ3v) is 3.61. The second kappa shape index (κ2) is 8.62. The molecule has 0 bridgehead atoms. The van der Waals surface area contributed by atoms with Crippen LogP contribution in [0.4, 0.5) is 0 Å². The Kier molecular flexibility index (Phi) is 7.47. The molecule has 1 fully saturated rings. The van der Waals surface area contributed by atoms with Crippen molar-refractivity contribution >= 4 is 5.78 Å². The molecule has 1 aliphatic heterocycles. The van der Waals surface area contributed by atoms with E-state index in [1.807, 2.05) is 13.8 Å². The van der Waals surface area contributed by atoms with Gasteiger partial charge in [-0.3, -0.25) is 4.79 Å². The summed E-state index contributed by atoms with van der Waals surface area (Å²) < 4.78 is 5.07. The summed E-state index contributed by atoms with van der Waals surface area (Å²) in [5.41, 5.74) is 0. The van der Waals surface area contributed by atoms with Crippen LogP contribution < -0.4 is 0 Å². The first-order valence-corrected chi connectivity index (χ1v) is 7.10. The molecule has 0 amide bonds. The molecule has 0 aromatic rings. The van der Waals surface area contributed by atoms with Gasteiger partial charge in [0.15, 0.2) is 0 Å². The van der Waals surface area contributed by atoms with Crippen molar-refractivity contribution in [3.63, 3.8) is 0 Å². The van der Waals surface area contributed by atoms with Crippen molar-refractivity contribution in [3.8, 4) is 0 Å². The van der Waals surface area contributed by atoms with Gasteiger partial charge in [0.2, 0.25) is 0 Å². The Morgan fingerprint density at radius 2 is 1.67 bits per heavy atom. The molecule has 0 saturated carbocycles. The average molecular weight is 256 g/mol. The molecular weight excluding hydrogens is 228 g/mol. The van der Waals surface area contributed by atoms with E-state index in [-0.39, 0.29) is 5.92 Å². The SMILES string of the molecule is COCCCN1CCN(CCC(=O)C(C)C)CC1. The van der Waals surface area contributed by atoms with Gasteiger partial charge < -0.3 is 14.5 Å². The highest BCUT2D eigenvalue weighted by Crippen LogP contribution is 2.05. The predicted octanol–water partition coefficient (Wildman–Crippen LogP) is 1.26. The molecule has 0 unspecified atom stereocenters. The standard InChI is InChI=1S/C14H28N2O2/c1-13(2)14(17)5-7-16-10-8-15(9-11-16)6-4-12-18-3/h13H,4-12H2,1-3H3. The number of carbonyl (C=O) groups excluding carboxylic acids is 1. The van der Waals surface area contributed by atoms with Crippen LogP contribution in [0.15, 0.2) is 0 Å². The van der Waals surface area contributed by atoms with E-state index in [4.69, 9.17) is 4.74 Å². The van der Waals surface area contributed by atoms with Crippen molar-refractivity contribution in [1.82, 2.24) is 9.80 Å². The lowest BCUT2D eigenvalue weighted by Crippen LogP contribution is -2.47. The molecule has 0 spiro atoms. The second-order valence-electron chi connectivity index (χ2n) is 5.40. The lowest BCUT2D eigenvalue weighted by molar-refractivity contribution is -0.122. The van der Waals surface area contributed by atoms with Crippen LogP contribution in [-0.4, -0.2) is 68.6 Å². The number of hydrogen-bond donors (Lipinski definition) is 0. The normalized spacial score (nSPS) is 18.4. The van der Waals surface area contributed by atoms with Gasteiger partial charge >= 0.3 is 0 Å². The molecule has 1 heterocycles. The van der Waals surface area contributed by atoms with Gasteiger partial charge in [-0.25, -0.2) is 0 Å². The van der Waals surface area contributed by atoms with Crippen molar-refractivity contribution < 1.29 is 9.53 Å². The van der Waals surface area contributed by atoms with Crippen molar-refractivity contribution in [2.75, 3.05) is 53.0 Å². The Balaban J connectivity index is 2.10. The number of ketones is 1. The Hall–Kier alpha value is -0.450. The number of hydrogen-bond acceptors (Lipinski definition) is 4. The van der Waals surface area contributed by atoms with E-state index in [1.165, 1.54) is 0 Å². The summed E-state index contributed by atoms with van der Waals surface area (Å²) >= 11 is 0. The maximum absolute atomic E-state index is 11.6. The zero-order chi connectivity index (χ0) is 13.4. The van der Waals surface area contributed by atoms with Crippen LogP contribution in [0.1, 0.15) is 26.7 Å². The fourth-order valence-electron chi connectivity index (χ4n) is 2.23. The number of ether oxygens (including phenoxy) is 1. The first-order chi connectivity index (χ1) is 8.63. The molecule has 1 saturated heterocycles. The van der Waals surface area contributed by atoms with Crippen LogP contribution in [0.25, 0.3) is 0 Å². The minimum Gasteiger partial charge on any atom is -0.385 e. The van der Waals surface area contributed by atoms with Gasteiger partial charge in [0.1, 0.15) is 5.78 Å². The molecule has 0 aromatic carbocycles. The first-order valence-electron chi connectivity index (χ1n) is 7.10. The Morgan fingerprint density at radius 3 is 2.17 bits per heavy atom. The van der Waals surface area contributed by atoms with Crippen LogP contribution in [0.5, 0.6) is 0 Å². The van der Waals surface area contributed by atoms with E-state index >= 15 is 0 Å². The minimum absolute atomic E-state index is 0.181. The van der Waals surface area contributed by atoms with Gasteiger partial charge in [-0.05, 0) is 6.42 Å². The van der Waals surface area contributed by atoms with Crippen molar-refractivity contribution in [2.24, 2.45) is 5.92 Å². The third kappa shape index (κ3) is 5.94. The zero-order valence-corrected chi connectivity index (χ0v) is 12.2. The lowest BCUT2D eigenvalue weighted by atomic mass is 10.1. The first kappa shape index (κ1) is 15.6. The molecule has 1 rings (SSSR count). The topological polar surface area (TPSA) is 32.8 Å². The highest BCUT2D eigenvalue weighted by atomic mass is 16.5. The van der Waals surface area contributed by atoms with Gasteiger partial charge in [-0.2, -0.15) is 0 Å². The minimum atomic E-state index is 0.181. The van der Waals surface area contributed by atoms with E-state index < -0.39 is 0 Å². The maximum atomic E-state index is 11.6. The fraction of sp³-hybridized carbons (Fsp3) is 0.929. The van der Waals surface area contributed by atoms with E-state index in [0.29, 0.717) is 12.2 Å². The van der Waals surface area contributed by atoms with Crippen LogP contribution >= 0.6 is 0 Å². The van der Waals surface area contributed by atoms with Gasteiger partial charge in [0, 0.05) is 65.3 Å². The zero-order valence-electron chi connectivity index (χ0n) is 12.2. The summed E-state index contributed by atoms with van der Waals surface area (Å²) in [6.07, 6.45) is 1.82. The molecule has 1 aliphatic rings. The number of Topliss-reactive ketones (excluding diaryl/α,β-unsaturated/α-hetero) is 1. The molecular formula is C14H28N2O2. The summed E-state index contributed by atoms with van der Waals surface area (Å²) in [7, 11) is 1.75. The predicted molar refractivity (Wildman–Crippen MR) is 73.8 cm³/mol. The highest BCUT2D eigenvalue weighted by Gasteiger charge is 2.17. The smallest absolute Gasteiger partial charge is 0.136 e. The Bertz CT molecular complexity index is 236. The monoisotopic (exact) mass is 256 g/mol. The Morgan fingerprint density at radius 1 is 1.11 bits per heavy atom. The summed E-state index contributed by atoms with van der Waals surface area (Å²) in [4.78, 5) is 16.5. The summed E-state index contributed by atoms with van der Waals surface area (Å²) in [5, 5.41) is 0. The van der Waals surface area contributed by atoms with Gasteiger partial charge in [0.05, 0.1) is 0 Å². The largest absolute Gasteiger partial charge is 0.385 e. The molecule has 4 heteroatoms. The van der Waals surface area contributed by atoms with Crippen LogP contribution in [0.2, 0.25) is 0 Å². The van der Waals surface area contributed by atoms with E-state index in [0.717, 1.165) is 52.3 Å². The molecule has 0 aromatic heterocycles. The molecule has 0 atom stereocenters. The molecule has 4 nitrogen and oxygen atoms in total. The fourth-order valence-corrected chi connectivity index (χ4v) is 2.23. The summed E-state index contributed by atoms with van der Waals surface area (Å²) in [6, 6.07) is 0. The van der Waals surface area contributed by atoms with E-state index in [2.05, 4.69) is 9.80 Å². The van der Waals surface area contributed by atoms with Crippen LogP contribution in [0, 0.1) is 5.92 Å². The van der Waals surface area contributed by atoms with Crippen LogP contribution in [0.3, 0.4) is 0 Å². The average Bonchev–Trinajstić information content (AvgIpc) is 2.37. The van der Waals surface area contributed by atoms with Crippen molar-refractivity contribution in [3.05, 3.63) is 0 Å². The molecule has 0 N–H and O–H groups in total. The number of piperazine rings is 1. The third-order valence-electron chi connectivity index (χ3n) is 3.61. The van der Waals surface area contributed by atoms with Crippen molar-refractivity contribution in [2.45, 2.75) is 26.7 Å². The summed E-state index contributed by atoms with van der Waals surface area (Å²) in [6.45, 7) is 11.3. The lowest BCUT2D eigenvalue weighted by Gasteiger charge is -2.34. The quantitative estimate of drug-likeness (QED) is 0.612. The molecule has 0 aliphatic carbocycles.